The molecule has 2 heterocycles. The fourth-order valence-corrected chi connectivity index (χ4v) is 2.56. The van der Waals surface area contributed by atoms with E-state index in [1.165, 1.54) is 0 Å². The largest absolute Gasteiger partial charge is 0.508 e. The van der Waals surface area contributed by atoms with Crippen molar-refractivity contribution >= 4 is 0 Å². The molecule has 0 aromatic rings. The molecule has 3 rings (SSSR count). The Labute approximate surface area is 82.8 Å². The molecule has 0 saturated carbocycles. The molecule has 74 valence electrons. The van der Waals surface area contributed by atoms with Crippen LogP contribution in [0.3, 0.4) is 0 Å². The summed E-state index contributed by atoms with van der Waals surface area (Å²) >= 11 is 0. The third-order valence-electron chi connectivity index (χ3n) is 3.24. The molecule has 2 aliphatic heterocycles. The molecule has 1 aliphatic carbocycles. The second-order valence-electron chi connectivity index (χ2n) is 4.07. The van der Waals surface area contributed by atoms with Crippen LogP contribution in [-0.2, 0) is 4.74 Å². The highest BCUT2D eigenvalue weighted by Crippen LogP contribution is 2.35. The molecule has 4 atom stereocenters. The van der Waals surface area contributed by atoms with Crippen molar-refractivity contribution in [2.75, 3.05) is 6.61 Å². The Kier molecular flexibility index (Phi) is 1.67. The number of nitrogens with one attached hydrogen (secondary N) is 1. The standard InChI is InChI=1S/C11H13NO2/c13-7-1-2-10-9(5-7)8-3-4-14-6-11(8)12-10/h1-5,8-13H,6H2. The summed E-state index contributed by atoms with van der Waals surface area (Å²) in [6.45, 7) is 0.733. The van der Waals surface area contributed by atoms with Gasteiger partial charge in [0.25, 0.3) is 0 Å². The SMILES string of the molecule is OC1=CC2C(C=C1)NC1COC=CC12. The number of ether oxygens (including phenoxy) is 1. The lowest BCUT2D eigenvalue weighted by Gasteiger charge is -2.23. The van der Waals surface area contributed by atoms with Crippen LogP contribution >= 0.6 is 0 Å². The third kappa shape index (κ3) is 1.09. The highest BCUT2D eigenvalue weighted by atomic mass is 16.5. The number of rotatable bonds is 0. The number of allylic oxidation sites excluding steroid dienone is 1. The van der Waals surface area contributed by atoms with Crippen LogP contribution in [0.2, 0.25) is 0 Å². The van der Waals surface area contributed by atoms with E-state index in [2.05, 4.69) is 11.4 Å². The van der Waals surface area contributed by atoms with Crippen LogP contribution in [0.15, 0.2) is 36.3 Å². The van der Waals surface area contributed by atoms with E-state index in [1.54, 1.807) is 12.3 Å². The Morgan fingerprint density at radius 3 is 3.21 bits per heavy atom. The Bertz CT molecular complexity index is 332. The topological polar surface area (TPSA) is 41.5 Å². The van der Waals surface area contributed by atoms with Gasteiger partial charge in [-0.25, -0.2) is 0 Å². The summed E-state index contributed by atoms with van der Waals surface area (Å²) in [6.07, 6.45) is 9.60. The highest BCUT2D eigenvalue weighted by Gasteiger charge is 2.41. The first-order valence-corrected chi connectivity index (χ1v) is 4.98. The molecule has 1 fully saturated rings. The second kappa shape index (κ2) is 2.89. The van der Waals surface area contributed by atoms with Crippen molar-refractivity contribution in [1.82, 2.24) is 5.32 Å². The molecule has 0 bridgehead atoms. The average Bonchev–Trinajstić information content (AvgIpc) is 2.56. The van der Waals surface area contributed by atoms with Gasteiger partial charge in [0.1, 0.15) is 12.4 Å². The molecule has 0 radical (unpaired) electrons. The Morgan fingerprint density at radius 1 is 1.36 bits per heavy atom. The fourth-order valence-electron chi connectivity index (χ4n) is 2.56. The number of aliphatic hydroxyl groups is 1. The number of hydrogen-bond donors (Lipinski definition) is 2. The molecule has 1 saturated heterocycles. The molecule has 2 N–H and O–H groups in total. The van der Waals surface area contributed by atoms with Gasteiger partial charge in [-0.05, 0) is 18.2 Å². The van der Waals surface area contributed by atoms with Crippen LogP contribution in [-0.4, -0.2) is 23.8 Å². The van der Waals surface area contributed by atoms with Crippen LogP contribution in [0, 0.1) is 11.8 Å². The number of fused-ring (bicyclic) bond motifs is 3. The first-order chi connectivity index (χ1) is 6.84. The molecule has 14 heavy (non-hydrogen) atoms. The molecule has 4 unspecified atom stereocenters. The second-order valence-corrected chi connectivity index (χ2v) is 4.07. The number of aliphatic hydroxyl groups excluding tert-OH is 1. The highest BCUT2D eigenvalue weighted by molar-refractivity contribution is 5.28. The minimum absolute atomic E-state index is 0.354. The molecular weight excluding hydrogens is 178 g/mol. The molecule has 0 amide bonds. The van der Waals surface area contributed by atoms with Crippen LogP contribution in [0.25, 0.3) is 0 Å². The van der Waals surface area contributed by atoms with E-state index in [1.807, 2.05) is 12.2 Å². The van der Waals surface area contributed by atoms with Crippen molar-refractivity contribution in [3.8, 4) is 0 Å². The van der Waals surface area contributed by atoms with Gasteiger partial charge in [0.2, 0.25) is 0 Å². The van der Waals surface area contributed by atoms with Crippen molar-refractivity contribution in [2.24, 2.45) is 11.8 Å². The normalized spacial score (nSPS) is 43.9. The zero-order valence-corrected chi connectivity index (χ0v) is 7.76. The van der Waals surface area contributed by atoms with E-state index in [9.17, 15) is 5.11 Å². The van der Waals surface area contributed by atoms with E-state index in [-0.39, 0.29) is 0 Å². The van der Waals surface area contributed by atoms with Crippen LogP contribution in [0.4, 0.5) is 0 Å². The zero-order chi connectivity index (χ0) is 9.54. The summed E-state index contributed by atoms with van der Waals surface area (Å²) in [4.78, 5) is 0. The van der Waals surface area contributed by atoms with Crippen molar-refractivity contribution in [3.63, 3.8) is 0 Å². The molecule has 3 heteroatoms. The monoisotopic (exact) mass is 191 g/mol. The van der Waals surface area contributed by atoms with Crippen molar-refractivity contribution in [3.05, 3.63) is 36.3 Å². The van der Waals surface area contributed by atoms with Crippen LogP contribution < -0.4 is 5.32 Å². The first kappa shape index (κ1) is 8.12. The molecule has 3 nitrogen and oxygen atoms in total. The Hall–Kier alpha value is -1.22. The Morgan fingerprint density at radius 2 is 2.29 bits per heavy atom. The summed E-state index contributed by atoms with van der Waals surface area (Å²) in [6, 6.07) is 0.744. The first-order valence-electron chi connectivity index (χ1n) is 4.98. The third-order valence-corrected chi connectivity index (χ3v) is 3.24. The van der Waals surface area contributed by atoms with Gasteiger partial charge in [-0.15, -0.1) is 0 Å². The van der Waals surface area contributed by atoms with E-state index in [0.717, 1.165) is 6.61 Å². The Balaban J connectivity index is 1.93. The maximum atomic E-state index is 9.44. The van der Waals surface area contributed by atoms with Gasteiger partial charge in [-0.1, -0.05) is 6.08 Å². The van der Waals surface area contributed by atoms with Crippen LogP contribution in [0.5, 0.6) is 0 Å². The molecule has 0 aromatic carbocycles. The molecular formula is C11H13NO2. The van der Waals surface area contributed by atoms with E-state index >= 15 is 0 Å². The summed E-state index contributed by atoms with van der Waals surface area (Å²) in [5, 5.41) is 12.9. The quantitative estimate of drug-likeness (QED) is 0.602. The predicted molar refractivity (Wildman–Crippen MR) is 52.6 cm³/mol. The van der Waals surface area contributed by atoms with Gasteiger partial charge in [-0.3, -0.25) is 0 Å². The van der Waals surface area contributed by atoms with Gasteiger partial charge >= 0.3 is 0 Å². The van der Waals surface area contributed by atoms with E-state index in [4.69, 9.17) is 4.74 Å². The van der Waals surface area contributed by atoms with E-state index < -0.39 is 0 Å². The van der Waals surface area contributed by atoms with Crippen molar-refractivity contribution in [1.29, 1.82) is 0 Å². The average molecular weight is 191 g/mol. The maximum absolute atomic E-state index is 9.44. The van der Waals surface area contributed by atoms with Crippen LogP contribution in [0.1, 0.15) is 0 Å². The lowest BCUT2D eigenvalue weighted by Crippen LogP contribution is -2.35. The number of hydrogen-bond acceptors (Lipinski definition) is 3. The lowest BCUT2D eigenvalue weighted by atomic mass is 9.84. The zero-order valence-electron chi connectivity index (χ0n) is 7.76. The minimum Gasteiger partial charge on any atom is -0.508 e. The summed E-state index contributed by atoms with van der Waals surface area (Å²) < 4.78 is 5.27. The minimum atomic E-state index is 0.354. The maximum Gasteiger partial charge on any atom is 0.111 e. The van der Waals surface area contributed by atoms with Gasteiger partial charge < -0.3 is 15.2 Å². The van der Waals surface area contributed by atoms with E-state index in [0.29, 0.717) is 29.7 Å². The molecule has 0 aromatic heterocycles. The predicted octanol–water partition coefficient (Wildman–Crippen LogP) is 1.11. The molecule has 3 aliphatic rings. The summed E-state index contributed by atoms with van der Waals surface area (Å²) in [5.41, 5.74) is 0. The summed E-state index contributed by atoms with van der Waals surface area (Å²) in [7, 11) is 0. The summed E-state index contributed by atoms with van der Waals surface area (Å²) in [5.74, 6) is 1.22. The van der Waals surface area contributed by atoms with Crippen molar-refractivity contribution < 1.29 is 9.84 Å². The van der Waals surface area contributed by atoms with Gasteiger partial charge in [-0.2, -0.15) is 0 Å². The van der Waals surface area contributed by atoms with Gasteiger partial charge in [0.15, 0.2) is 0 Å². The smallest absolute Gasteiger partial charge is 0.111 e. The lowest BCUT2D eigenvalue weighted by molar-refractivity contribution is 0.180. The fraction of sp³-hybridized carbons (Fsp3) is 0.455. The van der Waals surface area contributed by atoms with Gasteiger partial charge in [0.05, 0.1) is 6.26 Å². The molecule has 0 spiro atoms. The van der Waals surface area contributed by atoms with Gasteiger partial charge in [0, 0.05) is 23.9 Å². The van der Waals surface area contributed by atoms with Crippen molar-refractivity contribution in [2.45, 2.75) is 12.1 Å².